The molecule has 0 unspecified atom stereocenters. The van der Waals surface area contributed by atoms with Crippen molar-refractivity contribution in [3.8, 4) is 11.5 Å². The SMILES string of the molecule is COc1cc(NC(=O)c2cc3c(C)nn(CC(C)C)c3s2)c(OC)cc1NC(=O)c1ccccc1. The van der Waals surface area contributed by atoms with E-state index in [1.807, 2.05) is 23.7 Å². The van der Waals surface area contributed by atoms with Gasteiger partial charge >= 0.3 is 0 Å². The maximum Gasteiger partial charge on any atom is 0.265 e. The summed E-state index contributed by atoms with van der Waals surface area (Å²) in [5.74, 6) is 0.687. The summed E-state index contributed by atoms with van der Waals surface area (Å²) in [4.78, 5) is 27.3. The average Bonchev–Trinajstić information content (AvgIpc) is 3.41. The lowest BCUT2D eigenvalue weighted by molar-refractivity contribution is 0.101. The predicted molar refractivity (Wildman–Crippen MR) is 139 cm³/mol. The van der Waals surface area contributed by atoms with Crippen molar-refractivity contribution in [1.82, 2.24) is 9.78 Å². The number of carbonyl (C=O) groups excluding carboxylic acids is 2. The van der Waals surface area contributed by atoms with Crippen LogP contribution in [0.3, 0.4) is 0 Å². The zero-order chi connectivity index (χ0) is 25.1. The van der Waals surface area contributed by atoms with Crippen molar-refractivity contribution in [3.63, 3.8) is 0 Å². The van der Waals surface area contributed by atoms with E-state index in [1.54, 1.807) is 36.4 Å². The van der Waals surface area contributed by atoms with Crippen molar-refractivity contribution in [2.45, 2.75) is 27.3 Å². The molecule has 2 heterocycles. The number of thiophene rings is 1. The quantitative estimate of drug-likeness (QED) is 0.335. The standard InChI is InChI=1S/C26H28N4O4S/c1-15(2)14-30-26-18(16(3)29-30)11-23(35-26)25(32)28-20-13-21(33-4)19(12-22(20)34-5)27-24(31)17-9-7-6-8-10-17/h6-13,15H,14H2,1-5H3,(H,27,31)(H,28,32). The fraction of sp³-hybridized carbons (Fsp3) is 0.269. The Kier molecular flexibility index (Phi) is 7.07. The molecule has 9 heteroatoms. The maximum absolute atomic E-state index is 13.1. The van der Waals surface area contributed by atoms with Crippen molar-refractivity contribution in [1.29, 1.82) is 0 Å². The number of fused-ring (bicyclic) bond motifs is 1. The molecular weight excluding hydrogens is 464 g/mol. The van der Waals surface area contributed by atoms with Crippen LogP contribution in [0.15, 0.2) is 48.5 Å². The smallest absolute Gasteiger partial charge is 0.265 e. The molecule has 4 rings (SSSR count). The molecule has 0 aliphatic rings. The van der Waals surface area contributed by atoms with Crippen LogP contribution in [0.2, 0.25) is 0 Å². The van der Waals surface area contributed by atoms with E-state index in [1.165, 1.54) is 25.6 Å². The molecule has 2 aromatic carbocycles. The van der Waals surface area contributed by atoms with Crippen LogP contribution >= 0.6 is 11.3 Å². The summed E-state index contributed by atoms with van der Waals surface area (Å²) in [6.45, 7) is 7.00. The third kappa shape index (κ3) is 5.14. The average molecular weight is 493 g/mol. The molecule has 182 valence electrons. The molecule has 35 heavy (non-hydrogen) atoms. The topological polar surface area (TPSA) is 94.5 Å². The first kappa shape index (κ1) is 24.3. The number of nitrogens with zero attached hydrogens (tertiary/aromatic N) is 2. The molecule has 4 aromatic rings. The molecular formula is C26H28N4O4S. The maximum atomic E-state index is 13.1. The first-order valence-electron chi connectivity index (χ1n) is 11.2. The molecule has 0 spiro atoms. The monoisotopic (exact) mass is 492 g/mol. The summed E-state index contributed by atoms with van der Waals surface area (Å²) in [5, 5.41) is 11.3. The summed E-state index contributed by atoms with van der Waals surface area (Å²) in [6.07, 6.45) is 0. The summed E-state index contributed by atoms with van der Waals surface area (Å²) in [7, 11) is 3.00. The van der Waals surface area contributed by atoms with Gasteiger partial charge in [-0.2, -0.15) is 5.10 Å². The molecule has 0 aliphatic carbocycles. The van der Waals surface area contributed by atoms with Crippen LogP contribution in [0.1, 0.15) is 39.6 Å². The molecule has 0 atom stereocenters. The largest absolute Gasteiger partial charge is 0.494 e. The van der Waals surface area contributed by atoms with Crippen LogP contribution in [-0.4, -0.2) is 35.8 Å². The van der Waals surface area contributed by atoms with Gasteiger partial charge in [-0.05, 0) is 31.0 Å². The van der Waals surface area contributed by atoms with Gasteiger partial charge in [0.05, 0.1) is 36.2 Å². The van der Waals surface area contributed by atoms with Gasteiger partial charge in [0.15, 0.2) is 0 Å². The molecule has 2 aromatic heterocycles. The Bertz CT molecular complexity index is 1380. The normalized spacial score (nSPS) is 11.0. The predicted octanol–water partition coefficient (Wildman–Crippen LogP) is 5.58. The Balaban J connectivity index is 1.60. The summed E-state index contributed by atoms with van der Waals surface area (Å²) in [5.41, 5.74) is 2.28. The highest BCUT2D eigenvalue weighted by atomic mass is 32.1. The minimum atomic E-state index is -0.279. The van der Waals surface area contributed by atoms with E-state index in [4.69, 9.17) is 9.47 Å². The second-order valence-electron chi connectivity index (χ2n) is 8.52. The Labute approximate surface area is 207 Å². The first-order chi connectivity index (χ1) is 16.8. The molecule has 2 N–H and O–H groups in total. The fourth-order valence-corrected chi connectivity index (χ4v) is 4.82. The Morgan fingerprint density at radius 3 is 2.14 bits per heavy atom. The van der Waals surface area contributed by atoms with E-state index in [2.05, 4.69) is 29.6 Å². The van der Waals surface area contributed by atoms with Crippen LogP contribution < -0.4 is 20.1 Å². The van der Waals surface area contributed by atoms with Crippen LogP contribution in [0.25, 0.3) is 10.2 Å². The van der Waals surface area contributed by atoms with Gasteiger partial charge in [0.25, 0.3) is 11.8 Å². The summed E-state index contributed by atoms with van der Waals surface area (Å²) >= 11 is 1.41. The number of hydrogen-bond acceptors (Lipinski definition) is 6. The highest BCUT2D eigenvalue weighted by Crippen LogP contribution is 2.37. The van der Waals surface area contributed by atoms with Gasteiger partial charge in [0, 0.05) is 29.6 Å². The number of rotatable bonds is 8. The van der Waals surface area contributed by atoms with Gasteiger partial charge in [0.1, 0.15) is 16.3 Å². The number of aryl methyl sites for hydroxylation is 1. The van der Waals surface area contributed by atoms with E-state index in [9.17, 15) is 9.59 Å². The Hall–Kier alpha value is -3.85. The van der Waals surface area contributed by atoms with E-state index < -0.39 is 0 Å². The zero-order valence-electron chi connectivity index (χ0n) is 20.3. The van der Waals surface area contributed by atoms with Crippen molar-refractivity contribution < 1.29 is 19.1 Å². The second kappa shape index (κ2) is 10.2. The van der Waals surface area contributed by atoms with Gasteiger partial charge in [-0.1, -0.05) is 32.0 Å². The number of benzene rings is 2. The molecule has 0 bridgehead atoms. The molecule has 0 aliphatic heterocycles. The van der Waals surface area contributed by atoms with E-state index in [0.717, 1.165) is 22.5 Å². The van der Waals surface area contributed by atoms with Crippen molar-refractivity contribution >= 4 is 44.7 Å². The molecule has 0 fully saturated rings. The summed E-state index contributed by atoms with van der Waals surface area (Å²) in [6, 6.07) is 14.0. The van der Waals surface area contributed by atoms with E-state index >= 15 is 0 Å². The van der Waals surface area contributed by atoms with Crippen molar-refractivity contribution in [2.75, 3.05) is 24.9 Å². The first-order valence-corrected chi connectivity index (χ1v) is 12.0. The lowest BCUT2D eigenvalue weighted by Crippen LogP contribution is -2.14. The molecule has 0 saturated carbocycles. The molecule has 8 nitrogen and oxygen atoms in total. The lowest BCUT2D eigenvalue weighted by Gasteiger charge is -2.16. The number of methoxy groups -OCH3 is 2. The highest BCUT2D eigenvalue weighted by Gasteiger charge is 2.20. The van der Waals surface area contributed by atoms with Crippen LogP contribution in [0, 0.1) is 12.8 Å². The van der Waals surface area contributed by atoms with Gasteiger partial charge in [-0.25, -0.2) is 0 Å². The van der Waals surface area contributed by atoms with Crippen LogP contribution in [0.5, 0.6) is 11.5 Å². The fourth-order valence-electron chi connectivity index (χ4n) is 3.76. The van der Waals surface area contributed by atoms with E-state index in [-0.39, 0.29) is 11.8 Å². The number of hydrogen-bond donors (Lipinski definition) is 2. The minimum Gasteiger partial charge on any atom is -0.494 e. The van der Waals surface area contributed by atoms with Gasteiger partial charge < -0.3 is 20.1 Å². The van der Waals surface area contributed by atoms with Crippen LogP contribution in [0.4, 0.5) is 11.4 Å². The highest BCUT2D eigenvalue weighted by molar-refractivity contribution is 7.20. The lowest BCUT2D eigenvalue weighted by atomic mass is 10.2. The van der Waals surface area contributed by atoms with Gasteiger partial charge in [0.2, 0.25) is 0 Å². The number of anilines is 2. The van der Waals surface area contributed by atoms with Crippen LogP contribution in [-0.2, 0) is 6.54 Å². The van der Waals surface area contributed by atoms with E-state index in [0.29, 0.717) is 39.2 Å². The van der Waals surface area contributed by atoms with Crippen molar-refractivity contribution in [2.24, 2.45) is 5.92 Å². The Morgan fingerprint density at radius 2 is 1.57 bits per heavy atom. The molecule has 0 radical (unpaired) electrons. The number of nitrogens with one attached hydrogen (secondary N) is 2. The third-order valence-electron chi connectivity index (χ3n) is 5.42. The second-order valence-corrected chi connectivity index (χ2v) is 9.55. The third-order valence-corrected chi connectivity index (χ3v) is 6.57. The van der Waals surface area contributed by atoms with Gasteiger partial charge in [-0.15, -0.1) is 11.3 Å². The van der Waals surface area contributed by atoms with Crippen molar-refractivity contribution in [3.05, 3.63) is 64.7 Å². The zero-order valence-corrected chi connectivity index (χ0v) is 21.2. The number of amides is 2. The number of ether oxygens (including phenoxy) is 2. The minimum absolute atomic E-state index is 0.261. The summed E-state index contributed by atoms with van der Waals surface area (Å²) < 4.78 is 12.9. The number of aromatic nitrogens is 2. The number of carbonyl (C=O) groups is 2. The Morgan fingerprint density at radius 1 is 0.971 bits per heavy atom. The van der Waals surface area contributed by atoms with Gasteiger partial charge in [-0.3, -0.25) is 14.3 Å². The molecule has 2 amide bonds. The molecule has 0 saturated heterocycles.